The predicted molar refractivity (Wildman–Crippen MR) is 133 cm³/mol. The van der Waals surface area contributed by atoms with Crippen LogP contribution in [-0.4, -0.2) is 35.4 Å². The Balaban J connectivity index is 2.18. The lowest BCUT2D eigenvalue weighted by Crippen LogP contribution is -2.50. The van der Waals surface area contributed by atoms with Crippen LogP contribution < -0.4 is 10.1 Å². The van der Waals surface area contributed by atoms with E-state index in [-0.39, 0.29) is 24.5 Å². The van der Waals surface area contributed by atoms with Crippen molar-refractivity contribution in [1.29, 1.82) is 0 Å². The Labute approximate surface area is 200 Å². The number of halogens is 1. The number of nitrogens with one attached hydrogen (secondary N) is 1. The molecule has 6 heteroatoms. The molecule has 2 amide bonds. The summed E-state index contributed by atoms with van der Waals surface area (Å²) in [5.41, 5.74) is 3.27. The van der Waals surface area contributed by atoms with Crippen LogP contribution in [0.4, 0.5) is 0 Å². The fourth-order valence-electron chi connectivity index (χ4n) is 3.27. The SMILES string of the molecule is CC[C@@H](C)NC(=O)[C@@H](C)N(Cc1cccc(C)c1)C(=O)COc1ccc(C(C)C)cc1Br. The number of nitrogens with zero attached hydrogens (tertiary/aromatic N) is 1. The van der Waals surface area contributed by atoms with Gasteiger partial charge in [-0.3, -0.25) is 9.59 Å². The molecule has 2 rings (SSSR count). The van der Waals surface area contributed by atoms with Crippen molar-refractivity contribution in [2.75, 3.05) is 6.61 Å². The van der Waals surface area contributed by atoms with E-state index in [1.54, 1.807) is 11.8 Å². The Hall–Kier alpha value is -2.34. The summed E-state index contributed by atoms with van der Waals surface area (Å²) in [7, 11) is 0. The second kappa shape index (κ2) is 12.0. The maximum absolute atomic E-state index is 13.2. The van der Waals surface area contributed by atoms with Crippen LogP contribution in [0, 0.1) is 6.92 Å². The molecule has 0 saturated carbocycles. The molecule has 0 aliphatic carbocycles. The number of amides is 2. The molecular weight excluding hydrogens is 468 g/mol. The average molecular weight is 503 g/mol. The maximum Gasteiger partial charge on any atom is 0.261 e. The Bertz CT molecular complexity index is 929. The lowest BCUT2D eigenvalue weighted by molar-refractivity contribution is -0.142. The van der Waals surface area contributed by atoms with E-state index in [0.29, 0.717) is 18.2 Å². The quantitative estimate of drug-likeness (QED) is 0.460. The van der Waals surface area contributed by atoms with E-state index in [2.05, 4.69) is 35.1 Å². The Morgan fingerprint density at radius 2 is 1.81 bits per heavy atom. The summed E-state index contributed by atoms with van der Waals surface area (Å²) in [5, 5.41) is 2.98. The zero-order chi connectivity index (χ0) is 23.8. The largest absolute Gasteiger partial charge is 0.483 e. The second-order valence-corrected chi connectivity index (χ2v) is 9.49. The average Bonchev–Trinajstić information content (AvgIpc) is 2.75. The minimum atomic E-state index is -0.618. The molecule has 2 atom stereocenters. The molecule has 0 spiro atoms. The molecule has 0 aliphatic heterocycles. The first-order valence-corrected chi connectivity index (χ1v) is 12.0. The highest BCUT2D eigenvalue weighted by molar-refractivity contribution is 9.10. The van der Waals surface area contributed by atoms with Crippen LogP contribution in [0.5, 0.6) is 5.75 Å². The van der Waals surface area contributed by atoms with Crippen molar-refractivity contribution in [2.24, 2.45) is 0 Å². The van der Waals surface area contributed by atoms with Gasteiger partial charge in [0.15, 0.2) is 6.61 Å². The predicted octanol–water partition coefficient (Wildman–Crippen LogP) is 5.59. The minimum Gasteiger partial charge on any atom is -0.483 e. The Kier molecular flexibility index (Phi) is 9.76. The van der Waals surface area contributed by atoms with Crippen LogP contribution in [0.25, 0.3) is 0 Å². The number of benzene rings is 2. The van der Waals surface area contributed by atoms with Gasteiger partial charge in [-0.1, -0.05) is 56.7 Å². The van der Waals surface area contributed by atoms with Gasteiger partial charge in [-0.25, -0.2) is 0 Å². The van der Waals surface area contributed by atoms with E-state index in [9.17, 15) is 9.59 Å². The van der Waals surface area contributed by atoms with E-state index < -0.39 is 6.04 Å². The third-order valence-electron chi connectivity index (χ3n) is 5.58. The standard InChI is InChI=1S/C26H35BrN2O3/c1-7-19(5)28-26(31)20(6)29(15-21-10-8-9-18(4)13-21)25(30)16-32-24-12-11-22(17(2)3)14-23(24)27/h8-14,17,19-20H,7,15-16H2,1-6H3,(H,28,31)/t19-,20-/m1/s1. The zero-order valence-electron chi connectivity index (χ0n) is 19.9. The number of carbonyl (C=O) groups is 2. The molecule has 0 radical (unpaired) electrons. The molecule has 0 aromatic heterocycles. The Morgan fingerprint density at radius 1 is 1.09 bits per heavy atom. The lowest BCUT2D eigenvalue weighted by atomic mass is 10.0. The van der Waals surface area contributed by atoms with Gasteiger partial charge < -0.3 is 15.0 Å². The highest BCUT2D eigenvalue weighted by Crippen LogP contribution is 2.29. The fourth-order valence-corrected chi connectivity index (χ4v) is 3.78. The summed E-state index contributed by atoms with van der Waals surface area (Å²) in [6.07, 6.45) is 0.827. The molecule has 0 unspecified atom stereocenters. The Morgan fingerprint density at radius 3 is 2.41 bits per heavy atom. The van der Waals surface area contributed by atoms with E-state index in [1.807, 2.05) is 63.2 Å². The van der Waals surface area contributed by atoms with E-state index in [1.165, 1.54) is 5.56 Å². The van der Waals surface area contributed by atoms with Gasteiger partial charge >= 0.3 is 0 Å². The minimum absolute atomic E-state index is 0.0487. The third kappa shape index (κ3) is 7.37. The molecular formula is C26H35BrN2O3. The topological polar surface area (TPSA) is 58.6 Å². The molecule has 0 heterocycles. The van der Waals surface area contributed by atoms with Crippen molar-refractivity contribution in [3.63, 3.8) is 0 Å². The van der Waals surface area contributed by atoms with Gasteiger partial charge in [0, 0.05) is 12.6 Å². The first-order valence-electron chi connectivity index (χ1n) is 11.2. The number of hydrogen-bond acceptors (Lipinski definition) is 3. The van der Waals surface area contributed by atoms with Crippen LogP contribution in [-0.2, 0) is 16.1 Å². The van der Waals surface area contributed by atoms with Crippen LogP contribution in [0.1, 0.15) is 63.6 Å². The summed E-state index contributed by atoms with van der Waals surface area (Å²) >= 11 is 3.54. The molecule has 0 fully saturated rings. The van der Waals surface area contributed by atoms with Gasteiger partial charge in [0.2, 0.25) is 5.91 Å². The summed E-state index contributed by atoms with van der Waals surface area (Å²) in [5.74, 6) is 0.604. The number of rotatable bonds is 10. The van der Waals surface area contributed by atoms with Gasteiger partial charge in [-0.2, -0.15) is 0 Å². The van der Waals surface area contributed by atoms with Crippen LogP contribution in [0.2, 0.25) is 0 Å². The van der Waals surface area contributed by atoms with Crippen LogP contribution in [0.3, 0.4) is 0 Å². The van der Waals surface area contributed by atoms with Gasteiger partial charge in [0.05, 0.1) is 4.47 Å². The summed E-state index contributed by atoms with van der Waals surface area (Å²) < 4.78 is 6.65. The second-order valence-electron chi connectivity index (χ2n) is 8.64. The summed E-state index contributed by atoms with van der Waals surface area (Å²) in [6.45, 7) is 12.2. The monoisotopic (exact) mass is 502 g/mol. The molecule has 0 bridgehead atoms. The van der Waals surface area contributed by atoms with Crippen molar-refractivity contribution in [3.05, 3.63) is 63.6 Å². The highest BCUT2D eigenvalue weighted by Gasteiger charge is 2.27. The number of aryl methyl sites for hydroxylation is 1. The van der Waals surface area contributed by atoms with Gasteiger partial charge in [-0.15, -0.1) is 0 Å². The van der Waals surface area contributed by atoms with Gasteiger partial charge in [0.25, 0.3) is 5.91 Å². The van der Waals surface area contributed by atoms with Crippen molar-refractivity contribution in [3.8, 4) is 5.75 Å². The lowest BCUT2D eigenvalue weighted by Gasteiger charge is -2.29. The van der Waals surface area contributed by atoms with E-state index in [4.69, 9.17) is 4.74 Å². The molecule has 1 N–H and O–H groups in total. The maximum atomic E-state index is 13.2. The van der Waals surface area contributed by atoms with E-state index >= 15 is 0 Å². The molecule has 0 aliphatic rings. The molecule has 2 aromatic carbocycles. The molecule has 0 saturated heterocycles. The zero-order valence-corrected chi connectivity index (χ0v) is 21.5. The molecule has 2 aromatic rings. The highest BCUT2D eigenvalue weighted by atomic mass is 79.9. The smallest absolute Gasteiger partial charge is 0.261 e. The third-order valence-corrected chi connectivity index (χ3v) is 6.20. The first-order chi connectivity index (χ1) is 15.1. The first kappa shape index (κ1) is 25.9. The van der Waals surface area contributed by atoms with Crippen LogP contribution >= 0.6 is 15.9 Å². The normalized spacial score (nSPS) is 12.9. The van der Waals surface area contributed by atoms with Gasteiger partial charge in [-0.05, 0) is 72.3 Å². The van der Waals surface area contributed by atoms with Crippen molar-refractivity contribution >= 4 is 27.7 Å². The van der Waals surface area contributed by atoms with E-state index in [0.717, 1.165) is 22.0 Å². The summed E-state index contributed by atoms with van der Waals surface area (Å²) in [4.78, 5) is 27.6. The summed E-state index contributed by atoms with van der Waals surface area (Å²) in [6, 6.07) is 13.3. The number of ether oxygens (including phenoxy) is 1. The van der Waals surface area contributed by atoms with Crippen molar-refractivity contribution in [2.45, 2.75) is 72.5 Å². The van der Waals surface area contributed by atoms with Crippen molar-refractivity contribution in [1.82, 2.24) is 10.2 Å². The number of carbonyl (C=O) groups excluding carboxylic acids is 2. The fraction of sp³-hybridized carbons (Fsp3) is 0.462. The van der Waals surface area contributed by atoms with Crippen molar-refractivity contribution < 1.29 is 14.3 Å². The van der Waals surface area contributed by atoms with Crippen LogP contribution in [0.15, 0.2) is 46.9 Å². The van der Waals surface area contributed by atoms with Gasteiger partial charge in [0.1, 0.15) is 11.8 Å². The molecule has 5 nitrogen and oxygen atoms in total. The molecule has 32 heavy (non-hydrogen) atoms. The molecule has 174 valence electrons. The number of hydrogen-bond donors (Lipinski definition) is 1.